The highest BCUT2D eigenvalue weighted by Gasteiger charge is 2.35. The van der Waals surface area contributed by atoms with Gasteiger partial charge in [0.2, 0.25) is 0 Å². The number of hydrogen-bond acceptors (Lipinski definition) is 3. The molecule has 2 bridgehead atoms. The van der Waals surface area contributed by atoms with E-state index in [2.05, 4.69) is 9.80 Å². The predicted molar refractivity (Wildman–Crippen MR) is 86.6 cm³/mol. The van der Waals surface area contributed by atoms with Gasteiger partial charge in [0.05, 0.1) is 12.2 Å². The van der Waals surface area contributed by atoms with Crippen LogP contribution < -0.4 is 0 Å². The zero-order chi connectivity index (χ0) is 18.0. The molecule has 0 aliphatic carbocycles. The molecule has 0 N–H and O–H groups in total. The van der Waals surface area contributed by atoms with Crippen LogP contribution in [0.1, 0.15) is 24.0 Å². The van der Waals surface area contributed by atoms with E-state index in [1.807, 2.05) is 0 Å². The highest BCUT2D eigenvalue weighted by Crippen LogP contribution is 2.32. The number of nitrogens with zero attached hydrogens (tertiary/aromatic N) is 2. The largest absolute Gasteiger partial charge is 0.416 e. The van der Waals surface area contributed by atoms with Crippen LogP contribution in [-0.4, -0.2) is 55.7 Å². The smallest absolute Gasteiger partial charge is 0.383 e. The number of alkyl halides is 3. The maximum Gasteiger partial charge on any atom is 0.416 e. The van der Waals surface area contributed by atoms with E-state index >= 15 is 0 Å². The molecular formula is C18H24F4N2O. The Bertz CT molecular complexity index is 593. The Kier molecular flexibility index (Phi) is 5.65. The summed E-state index contributed by atoms with van der Waals surface area (Å²) in [7, 11) is 1.68. The Morgan fingerprint density at radius 1 is 1.16 bits per heavy atom. The van der Waals surface area contributed by atoms with E-state index in [0.29, 0.717) is 18.6 Å². The fourth-order valence-corrected chi connectivity index (χ4v) is 4.00. The second kappa shape index (κ2) is 7.60. The minimum atomic E-state index is -4.45. The molecule has 0 spiro atoms. The fraction of sp³-hybridized carbons (Fsp3) is 0.667. The van der Waals surface area contributed by atoms with Gasteiger partial charge in [-0.25, -0.2) is 4.39 Å². The standard InChI is InChI=1S/C18H24F4N2O/c1-25-7-6-24-10-13-2-4-16(24)12-23(9-13)11-14-8-15(18(20,21)22)3-5-17(14)19/h3,5,8,13,16H,2,4,6-7,9-12H2,1H3/t13-,16+/m0/s1. The van der Waals surface area contributed by atoms with Crippen LogP contribution in [0, 0.1) is 11.7 Å². The molecule has 1 aromatic carbocycles. The summed E-state index contributed by atoms with van der Waals surface area (Å²) in [6, 6.07) is 3.04. The molecule has 0 aromatic heterocycles. The normalized spacial score (nSPS) is 25.3. The molecule has 3 aliphatic rings. The first-order valence-corrected chi connectivity index (χ1v) is 8.68. The summed E-state index contributed by atoms with van der Waals surface area (Å²) in [5, 5.41) is 0. The molecule has 1 aromatic rings. The number of rotatable bonds is 5. The number of methoxy groups -OCH3 is 1. The lowest BCUT2D eigenvalue weighted by molar-refractivity contribution is -0.137. The zero-order valence-electron chi connectivity index (χ0n) is 14.4. The maximum atomic E-state index is 14.0. The van der Waals surface area contributed by atoms with E-state index in [4.69, 9.17) is 4.74 Å². The lowest BCUT2D eigenvalue weighted by atomic mass is 9.95. The predicted octanol–water partition coefficient (Wildman–Crippen LogP) is 3.39. The Balaban J connectivity index is 1.72. The van der Waals surface area contributed by atoms with Crippen molar-refractivity contribution in [2.45, 2.75) is 31.6 Å². The summed E-state index contributed by atoms with van der Waals surface area (Å²) in [6.07, 6.45) is -2.25. The van der Waals surface area contributed by atoms with Crippen molar-refractivity contribution in [2.75, 3.05) is 39.9 Å². The van der Waals surface area contributed by atoms with Crippen molar-refractivity contribution in [1.82, 2.24) is 9.80 Å². The molecule has 0 unspecified atom stereocenters. The van der Waals surface area contributed by atoms with Crippen LogP contribution in [0.2, 0.25) is 0 Å². The van der Waals surface area contributed by atoms with Gasteiger partial charge in [0.1, 0.15) is 5.82 Å². The van der Waals surface area contributed by atoms with Crippen molar-refractivity contribution in [3.63, 3.8) is 0 Å². The second-order valence-corrected chi connectivity index (χ2v) is 7.08. The molecule has 25 heavy (non-hydrogen) atoms. The lowest BCUT2D eigenvalue weighted by Crippen LogP contribution is -2.45. The first kappa shape index (κ1) is 18.6. The Morgan fingerprint density at radius 2 is 1.96 bits per heavy atom. The third kappa shape index (κ3) is 4.51. The van der Waals surface area contributed by atoms with Gasteiger partial charge < -0.3 is 4.74 Å². The van der Waals surface area contributed by atoms with Gasteiger partial charge >= 0.3 is 6.18 Å². The third-order valence-corrected chi connectivity index (χ3v) is 5.25. The Labute approximate surface area is 145 Å². The first-order chi connectivity index (χ1) is 11.9. The van der Waals surface area contributed by atoms with Gasteiger partial charge in [-0.1, -0.05) is 0 Å². The van der Waals surface area contributed by atoms with Crippen molar-refractivity contribution in [3.8, 4) is 0 Å². The Morgan fingerprint density at radius 3 is 2.68 bits per heavy atom. The maximum absolute atomic E-state index is 14.0. The molecule has 3 saturated heterocycles. The van der Waals surface area contributed by atoms with Gasteiger partial charge in [0.15, 0.2) is 0 Å². The van der Waals surface area contributed by atoms with Gasteiger partial charge in [-0.15, -0.1) is 0 Å². The van der Waals surface area contributed by atoms with Crippen LogP contribution in [0.3, 0.4) is 0 Å². The molecule has 0 saturated carbocycles. The molecular weight excluding hydrogens is 336 g/mol. The third-order valence-electron chi connectivity index (χ3n) is 5.25. The number of piperidine rings is 1. The topological polar surface area (TPSA) is 15.7 Å². The van der Waals surface area contributed by atoms with Crippen LogP contribution in [0.5, 0.6) is 0 Å². The highest BCUT2D eigenvalue weighted by atomic mass is 19.4. The number of fused-ring (bicyclic) bond motifs is 4. The summed E-state index contributed by atoms with van der Waals surface area (Å²) in [5.74, 6) is -0.0923. The van der Waals surface area contributed by atoms with Crippen molar-refractivity contribution >= 4 is 0 Å². The molecule has 0 radical (unpaired) electrons. The van der Waals surface area contributed by atoms with Gasteiger partial charge in [-0.2, -0.15) is 13.2 Å². The molecule has 3 fully saturated rings. The van der Waals surface area contributed by atoms with E-state index in [9.17, 15) is 17.6 Å². The number of halogens is 4. The van der Waals surface area contributed by atoms with Crippen LogP contribution in [0.15, 0.2) is 18.2 Å². The van der Waals surface area contributed by atoms with Crippen molar-refractivity contribution in [3.05, 3.63) is 35.1 Å². The first-order valence-electron chi connectivity index (χ1n) is 8.68. The molecule has 140 valence electrons. The van der Waals surface area contributed by atoms with E-state index < -0.39 is 17.6 Å². The quantitative estimate of drug-likeness (QED) is 0.749. The molecule has 4 rings (SSSR count). The summed E-state index contributed by atoms with van der Waals surface area (Å²) in [4.78, 5) is 4.51. The van der Waals surface area contributed by atoms with Crippen molar-refractivity contribution in [2.24, 2.45) is 5.92 Å². The van der Waals surface area contributed by atoms with E-state index in [1.54, 1.807) is 7.11 Å². The molecule has 2 atom stereocenters. The van der Waals surface area contributed by atoms with Gasteiger partial charge in [-0.3, -0.25) is 9.80 Å². The van der Waals surface area contributed by atoms with Crippen molar-refractivity contribution < 1.29 is 22.3 Å². The zero-order valence-corrected chi connectivity index (χ0v) is 14.4. The average Bonchev–Trinajstić information content (AvgIpc) is 2.84. The monoisotopic (exact) mass is 360 g/mol. The number of benzene rings is 1. The molecule has 3 heterocycles. The lowest BCUT2D eigenvalue weighted by Gasteiger charge is -2.35. The van der Waals surface area contributed by atoms with E-state index in [-0.39, 0.29) is 12.1 Å². The summed E-state index contributed by atoms with van der Waals surface area (Å²) >= 11 is 0. The molecule has 3 nitrogen and oxygen atoms in total. The van der Waals surface area contributed by atoms with E-state index in [1.165, 1.54) is 0 Å². The number of ether oxygens (including phenoxy) is 1. The minimum Gasteiger partial charge on any atom is -0.383 e. The Hall–Kier alpha value is -1.18. The van der Waals surface area contributed by atoms with Crippen LogP contribution in [-0.2, 0) is 17.5 Å². The van der Waals surface area contributed by atoms with Gasteiger partial charge in [0, 0.05) is 51.4 Å². The summed E-state index contributed by atoms with van der Waals surface area (Å²) < 4.78 is 57.9. The van der Waals surface area contributed by atoms with Crippen molar-refractivity contribution in [1.29, 1.82) is 0 Å². The summed E-state index contributed by atoms with van der Waals surface area (Å²) in [6.45, 7) is 4.30. The van der Waals surface area contributed by atoms with E-state index in [0.717, 1.165) is 57.2 Å². The molecule has 0 amide bonds. The summed E-state index contributed by atoms with van der Waals surface area (Å²) in [5.41, 5.74) is -0.664. The minimum absolute atomic E-state index is 0.125. The number of hydrogen-bond donors (Lipinski definition) is 0. The van der Waals surface area contributed by atoms with Crippen LogP contribution in [0.25, 0.3) is 0 Å². The second-order valence-electron chi connectivity index (χ2n) is 7.08. The SMILES string of the molecule is COCCN1C[C@H]2CC[C@@H]1CN(Cc1cc(C(F)(F)F)ccc1F)C2. The van der Waals surface area contributed by atoms with Gasteiger partial charge in [-0.05, 0) is 37.0 Å². The average molecular weight is 360 g/mol. The highest BCUT2D eigenvalue weighted by molar-refractivity contribution is 5.27. The molecule has 7 heteroatoms. The van der Waals surface area contributed by atoms with Crippen LogP contribution >= 0.6 is 0 Å². The molecule has 3 aliphatic heterocycles. The fourth-order valence-electron chi connectivity index (χ4n) is 4.00. The van der Waals surface area contributed by atoms with Crippen LogP contribution in [0.4, 0.5) is 17.6 Å². The van der Waals surface area contributed by atoms with Gasteiger partial charge in [0.25, 0.3) is 0 Å².